The van der Waals surface area contributed by atoms with Gasteiger partial charge in [-0.25, -0.2) is 13.2 Å². The monoisotopic (exact) mass is 434 g/mol. The van der Waals surface area contributed by atoms with Gasteiger partial charge in [0.15, 0.2) is 6.61 Å². The highest BCUT2D eigenvalue weighted by Crippen LogP contribution is 2.30. The highest BCUT2D eigenvalue weighted by atomic mass is 32.2. The first-order valence-corrected chi connectivity index (χ1v) is 11.1. The fraction of sp³-hybridized carbons (Fsp3) is 0.429. The molecule has 1 aromatic heterocycles. The van der Waals surface area contributed by atoms with Crippen LogP contribution in [-0.2, 0) is 21.8 Å². The van der Waals surface area contributed by atoms with Crippen LogP contribution in [0.2, 0.25) is 0 Å². The number of Topliss-reactive ketones (excluding diaryl/α,β-unsaturated/α-hetero) is 1. The number of carbonyl (C=O) groups is 2. The van der Waals surface area contributed by atoms with Gasteiger partial charge in [0.2, 0.25) is 15.8 Å². The van der Waals surface area contributed by atoms with Crippen LogP contribution >= 0.6 is 0 Å². The van der Waals surface area contributed by atoms with E-state index >= 15 is 0 Å². The summed E-state index contributed by atoms with van der Waals surface area (Å²) in [6.45, 7) is 4.15. The number of aromatic nitrogens is 1. The van der Waals surface area contributed by atoms with E-state index in [2.05, 4.69) is 0 Å². The summed E-state index contributed by atoms with van der Waals surface area (Å²) in [4.78, 5) is 24.9. The van der Waals surface area contributed by atoms with Crippen molar-refractivity contribution >= 4 is 21.8 Å². The molecule has 30 heavy (non-hydrogen) atoms. The first-order valence-electron chi connectivity index (χ1n) is 9.68. The Labute approximate surface area is 176 Å². The summed E-state index contributed by atoms with van der Waals surface area (Å²) in [7, 11) is -0.560. The molecule has 0 radical (unpaired) electrons. The molecule has 3 rings (SSSR count). The van der Waals surface area contributed by atoms with E-state index in [9.17, 15) is 18.0 Å². The zero-order valence-electron chi connectivity index (χ0n) is 17.6. The van der Waals surface area contributed by atoms with Crippen molar-refractivity contribution in [3.8, 4) is 5.75 Å². The predicted molar refractivity (Wildman–Crippen MR) is 110 cm³/mol. The van der Waals surface area contributed by atoms with E-state index in [0.717, 1.165) is 24.2 Å². The molecule has 0 N–H and O–H groups in total. The molecule has 1 aliphatic rings. The van der Waals surface area contributed by atoms with Gasteiger partial charge < -0.3 is 14.0 Å². The molecule has 8 nitrogen and oxygen atoms in total. The molecular formula is C21H26N2O6S. The quantitative estimate of drug-likeness (QED) is 0.491. The Morgan fingerprint density at radius 2 is 1.77 bits per heavy atom. The highest BCUT2D eigenvalue weighted by molar-refractivity contribution is 7.89. The molecule has 0 amide bonds. The maximum atomic E-state index is 12.9. The molecule has 1 aromatic carbocycles. The van der Waals surface area contributed by atoms with E-state index in [-0.39, 0.29) is 22.0 Å². The summed E-state index contributed by atoms with van der Waals surface area (Å²) in [6.07, 6.45) is 1.59. The number of methoxy groups -OCH3 is 1. The third kappa shape index (κ3) is 4.13. The second-order valence-corrected chi connectivity index (χ2v) is 9.23. The fourth-order valence-corrected chi connectivity index (χ4v) is 5.20. The summed E-state index contributed by atoms with van der Waals surface area (Å²) in [5.41, 5.74) is 2.25. The number of rotatable bonds is 7. The third-order valence-electron chi connectivity index (χ3n) is 5.49. The normalized spacial score (nSPS) is 14.7. The molecule has 1 saturated heterocycles. The lowest BCUT2D eigenvalue weighted by atomic mass is 10.1. The number of ketones is 1. The summed E-state index contributed by atoms with van der Waals surface area (Å²) < 4.78 is 39.5. The number of hydrogen-bond acceptors (Lipinski definition) is 6. The smallest absolute Gasteiger partial charge is 0.338 e. The largest absolute Gasteiger partial charge is 0.495 e. The molecule has 0 atom stereocenters. The number of hydrogen-bond donors (Lipinski definition) is 0. The van der Waals surface area contributed by atoms with E-state index in [4.69, 9.17) is 9.47 Å². The van der Waals surface area contributed by atoms with Crippen LogP contribution in [0.3, 0.4) is 0 Å². The fourth-order valence-electron chi connectivity index (χ4n) is 3.50. The van der Waals surface area contributed by atoms with Gasteiger partial charge >= 0.3 is 5.97 Å². The Bertz CT molecular complexity index is 1080. The number of ether oxygens (including phenoxy) is 2. The van der Waals surface area contributed by atoms with Crippen molar-refractivity contribution in [3.63, 3.8) is 0 Å². The van der Waals surface area contributed by atoms with Gasteiger partial charge in [0, 0.05) is 37.1 Å². The molecule has 0 bridgehead atoms. The second-order valence-electron chi connectivity index (χ2n) is 7.32. The molecule has 0 saturated carbocycles. The maximum Gasteiger partial charge on any atom is 0.338 e. The maximum absolute atomic E-state index is 12.9. The molecule has 9 heteroatoms. The van der Waals surface area contributed by atoms with Crippen LogP contribution in [0.1, 0.15) is 44.9 Å². The second kappa shape index (κ2) is 8.61. The van der Waals surface area contributed by atoms with Crippen molar-refractivity contribution in [1.29, 1.82) is 0 Å². The zero-order valence-corrected chi connectivity index (χ0v) is 18.4. The first-order chi connectivity index (χ1) is 14.2. The minimum Gasteiger partial charge on any atom is -0.495 e. The highest BCUT2D eigenvalue weighted by Gasteiger charge is 2.31. The van der Waals surface area contributed by atoms with Gasteiger partial charge in [-0.2, -0.15) is 4.31 Å². The van der Waals surface area contributed by atoms with E-state index < -0.39 is 22.6 Å². The van der Waals surface area contributed by atoms with Crippen molar-refractivity contribution < 1.29 is 27.5 Å². The van der Waals surface area contributed by atoms with Gasteiger partial charge in [0.1, 0.15) is 10.6 Å². The molecule has 0 aliphatic carbocycles. The third-order valence-corrected chi connectivity index (χ3v) is 7.41. The van der Waals surface area contributed by atoms with Crippen LogP contribution in [-0.4, -0.2) is 55.8 Å². The summed E-state index contributed by atoms with van der Waals surface area (Å²) in [5, 5.41) is 0. The minimum absolute atomic E-state index is 0.0438. The van der Waals surface area contributed by atoms with Gasteiger partial charge in [0.25, 0.3) is 0 Å². The van der Waals surface area contributed by atoms with Gasteiger partial charge in [-0.05, 0) is 51.0 Å². The lowest BCUT2D eigenvalue weighted by molar-refractivity contribution is 0.0474. The van der Waals surface area contributed by atoms with Crippen molar-refractivity contribution in [2.45, 2.75) is 31.6 Å². The van der Waals surface area contributed by atoms with Crippen molar-refractivity contribution in [1.82, 2.24) is 8.87 Å². The van der Waals surface area contributed by atoms with Crippen LogP contribution in [0.4, 0.5) is 0 Å². The van der Waals surface area contributed by atoms with Crippen LogP contribution in [0.15, 0.2) is 29.2 Å². The molecule has 2 aromatic rings. The molecule has 0 spiro atoms. The van der Waals surface area contributed by atoms with E-state index in [1.54, 1.807) is 6.07 Å². The topological polar surface area (TPSA) is 94.9 Å². The standard InChI is InChI=1S/C21H26N2O6S/c1-14-11-17(15(2)22(14)3)18(24)13-29-21(25)16-7-8-19(28-4)20(12-16)30(26,27)23-9-5-6-10-23/h7-8,11-12H,5-6,9-10,13H2,1-4H3. The molecule has 2 heterocycles. The van der Waals surface area contributed by atoms with Gasteiger partial charge in [-0.15, -0.1) is 0 Å². The predicted octanol–water partition coefficient (Wildman–Crippen LogP) is 2.47. The number of sulfonamides is 1. The lowest BCUT2D eigenvalue weighted by Crippen LogP contribution is -2.28. The molecular weight excluding hydrogens is 408 g/mol. The molecule has 1 aliphatic heterocycles. The van der Waals surface area contributed by atoms with Gasteiger partial charge in [-0.1, -0.05) is 0 Å². The zero-order chi connectivity index (χ0) is 22.1. The summed E-state index contributed by atoms with van der Waals surface area (Å²) >= 11 is 0. The number of nitrogens with zero attached hydrogens (tertiary/aromatic N) is 2. The Morgan fingerprint density at radius 1 is 1.10 bits per heavy atom. The summed E-state index contributed by atoms with van der Waals surface area (Å²) in [6, 6.07) is 5.84. The van der Waals surface area contributed by atoms with Crippen molar-refractivity contribution in [2.24, 2.45) is 7.05 Å². The van der Waals surface area contributed by atoms with Gasteiger partial charge in [0.05, 0.1) is 12.7 Å². The van der Waals surface area contributed by atoms with E-state index in [0.29, 0.717) is 18.7 Å². The van der Waals surface area contributed by atoms with Crippen molar-refractivity contribution in [2.75, 3.05) is 26.8 Å². The van der Waals surface area contributed by atoms with Gasteiger partial charge in [-0.3, -0.25) is 4.79 Å². The van der Waals surface area contributed by atoms with Crippen molar-refractivity contribution in [3.05, 3.63) is 46.8 Å². The number of aryl methyl sites for hydroxylation is 1. The van der Waals surface area contributed by atoms with Crippen LogP contribution in [0.25, 0.3) is 0 Å². The Morgan fingerprint density at radius 3 is 2.33 bits per heavy atom. The first kappa shape index (κ1) is 22.0. The van der Waals surface area contributed by atoms with E-state index in [1.807, 2.05) is 25.5 Å². The number of esters is 1. The SMILES string of the molecule is COc1ccc(C(=O)OCC(=O)c2cc(C)n(C)c2C)cc1S(=O)(=O)N1CCCC1. The summed E-state index contributed by atoms with van der Waals surface area (Å²) in [5.74, 6) is -0.929. The van der Waals surface area contributed by atoms with Crippen LogP contribution in [0.5, 0.6) is 5.75 Å². The minimum atomic E-state index is -3.79. The Balaban J connectivity index is 1.79. The average Bonchev–Trinajstić information content (AvgIpc) is 3.37. The molecule has 0 unspecified atom stereocenters. The Kier molecular flexibility index (Phi) is 6.33. The van der Waals surface area contributed by atoms with Crippen LogP contribution in [0, 0.1) is 13.8 Å². The molecule has 162 valence electrons. The van der Waals surface area contributed by atoms with Crippen LogP contribution < -0.4 is 4.74 Å². The number of benzene rings is 1. The molecule has 1 fully saturated rings. The Hall–Kier alpha value is -2.65. The number of carbonyl (C=O) groups excluding carboxylic acids is 2. The lowest BCUT2D eigenvalue weighted by Gasteiger charge is -2.18. The van der Waals surface area contributed by atoms with E-state index in [1.165, 1.54) is 29.6 Å². The average molecular weight is 435 g/mol.